The van der Waals surface area contributed by atoms with Crippen molar-refractivity contribution in [3.05, 3.63) is 34.3 Å². The van der Waals surface area contributed by atoms with E-state index in [1.165, 1.54) is 11.5 Å². The summed E-state index contributed by atoms with van der Waals surface area (Å²) in [7, 11) is 3.35. The van der Waals surface area contributed by atoms with Crippen molar-refractivity contribution in [2.24, 2.45) is 0 Å². The highest BCUT2D eigenvalue weighted by atomic mass is 32.1. The molecule has 1 N–H and O–H groups in total. The van der Waals surface area contributed by atoms with Gasteiger partial charge in [-0.3, -0.25) is 0 Å². The molecule has 0 aliphatic carbocycles. The van der Waals surface area contributed by atoms with Gasteiger partial charge in [0.2, 0.25) is 0 Å². The van der Waals surface area contributed by atoms with Crippen LogP contribution in [0.1, 0.15) is 36.0 Å². The van der Waals surface area contributed by atoms with Gasteiger partial charge in [0.1, 0.15) is 11.5 Å². The zero-order valence-electron chi connectivity index (χ0n) is 12.8. The van der Waals surface area contributed by atoms with Crippen LogP contribution in [-0.4, -0.2) is 30.4 Å². The predicted molar refractivity (Wildman–Crippen MR) is 84.4 cm³/mol. The van der Waals surface area contributed by atoms with E-state index in [2.05, 4.69) is 28.8 Å². The average molecular weight is 307 g/mol. The Morgan fingerprint density at radius 1 is 1.19 bits per heavy atom. The van der Waals surface area contributed by atoms with Gasteiger partial charge in [-0.05, 0) is 36.6 Å². The SMILES string of the molecule is CCNC(c1snnc1CC)c1c(OC)cccc1OC. The molecule has 1 heterocycles. The van der Waals surface area contributed by atoms with E-state index in [9.17, 15) is 0 Å². The molecule has 2 aromatic rings. The van der Waals surface area contributed by atoms with E-state index in [-0.39, 0.29) is 6.04 Å². The fourth-order valence-corrected chi connectivity index (χ4v) is 3.20. The van der Waals surface area contributed by atoms with Crippen LogP contribution in [0.25, 0.3) is 0 Å². The summed E-state index contributed by atoms with van der Waals surface area (Å²) in [5.74, 6) is 1.60. The van der Waals surface area contributed by atoms with Gasteiger partial charge >= 0.3 is 0 Å². The van der Waals surface area contributed by atoms with Gasteiger partial charge in [-0.15, -0.1) is 5.10 Å². The van der Waals surface area contributed by atoms with E-state index in [4.69, 9.17) is 9.47 Å². The van der Waals surface area contributed by atoms with Crippen LogP contribution in [-0.2, 0) is 6.42 Å². The third-order valence-corrected chi connectivity index (χ3v) is 4.18. The first-order chi connectivity index (χ1) is 10.3. The Hall–Kier alpha value is -1.66. The van der Waals surface area contributed by atoms with Gasteiger partial charge in [0.15, 0.2) is 0 Å². The molecule has 0 aliphatic rings. The summed E-state index contributed by atoms with van der Waals surface area (Å²) in [6, 6.07) is 5.79. The molecule has 0 saturated heterocycles. The molecule has 0 fully saturated rings. The summed E-state index contributed by atoms with van der Waals surface area (Å²) < 4.78 is 15.2. The van der Waals surface area contributed by atoms with Crippen molar-refractivity contribution in [3.63, 3.8) is 0 Å². The Bertz CT molecular complexity index is 564. The first-order valence-corrected chi connectivity index (χ1v) is 7.79. The molecular weight excluding hydrogens is 286 g/mol. The van der Waals surface area contributed by atoms with E-state index < -0.39 is 0 Å². The minimum absolute atomic E-state index is 0.0314. The number of aryl methyl sites for hydroxylation is 1. The second-order valence-electron chi connectivity index (χ2n) is 4.50. The lowest BCUT2D eigenvalue weighted by molar-refractivity contribution is 0.377. The highest BCUT2D eigenvalue weighted by molar-refractivity contribution is 7.05. The van der Waals surface area contributed by atoms with Crippen LogP contribution in [0.2, 0.25) is 0 Å². The quantitative estimate of drug-likeness (QED) is 0.852. The van der Waals surface area contributed by atoms with Gasteiger partial charge in [-0.25, -0.2) is 0 Å². The topological polar surface area (TPSA) is 56.3 Å². The number of benzene rings is 1. The summed E-state index contributed by atoms with van der Waals surface area (Å²) in [4.78, 5) is 1.11. The second-order valence-corrected chi connectivity index (χ2v) is 5.29. The molecule has 6 heteroatoms. The van der Waals surface area contributed by atoms with Crippen LogP contribution in [0.4, 0.5) is 0 Å². The van der Waals surface area contributed by atoms with Crippen molar-refractivity contribution in [3.8, 4) is 11.5 Å². The van der Waals surface area contributed by atoms with Gasteiger partial charge in [-0.1, -0.05) is 24.4 Å². The molecule has 2 rings (SSSR count). The Morgan fingerprint density at radius 3 is 2.38 bits per heavy atom. The zero-order chi connectivity index (χ0) is 15.2. The Balaban J connectivity index is 2.57. The molecule has 21 heavy (non-hydrogen) atoms. The number of nitrogens with one attached hydrogen (secondary N) is 1. The molecule has 114 valence electrons. The third-order valence-electron chi connectivity index (χ3n) is 3.35. The minimum atomic E-state index is -0.0314. The molecular formula is C15H21N3O2S. The van der Waals surface area contributed by atoms with E-state index in [1.807, 2.05) is 18.2 Å². The molecule has 5 nitrogen and oxygen atoms in total. The van der Waals surface area contributed by atoms with E-state index in [0.717, 1.165) is 40.6 Å². The lowest BCUT2D eigenvalue weighted by Gasteiger charge is -2.22. The van der Waals surface area contributed by atoms with Gasteiger partial charge in [0, 0.05) is 0 Å². The van der Waals surface area contributed by atoms with Crippen molar-refractivity contribution in [1.29, 1.82) is 0 Å². The monoisotopic (exact) mass is 307 g/mol. The fraction of sp³-hybridized carbons (Fsp3) is 0.467. The maximum atomic E-state index is 5.53. The first kappa shape index (κ1) is 15.7. The minimum Gasteiger partial charge on any atom is -0.496 e. The van der Waals surface area contributed by atoms with E-state index in [1.54, 1.807) is 14.2 Å². The Labute approximate surface area is 129 Å². The van der Waals surface area contributed by atoms with Crippen LogP contribution in [0.15, 0.2) is 18.2 Å². The number of methoxy groups -OCH3 is 2. The summed E-state index contributed by atoms with van der Waals surface area (Å²) in [5.41, 5.74) is 2.00. The number of hydrogen-bond donors (Lipinski definition) is 1. The summed E-state index contributed by atoms with van der Waals surface area (Å²) >= 11 is 1.42. The zero-order valence-corrected chi connectivity index (χ0v) is 13.7. The van der Waals surface area contributed by atoms with Gasteiger partial charge in [0.05, 0.1) is 36.4 Å². The molecule has 1 aromatic heterocycles. The maximum Gasteiger partial charge on any atom is 0.127 e. The van der Waals surface area contributed by atoms with Crippen molar-refractivity contribution in [1.82, 2.24) is 14.9 Å². The molecule has 0 amide bonds. The van der Waals surface area contributed by atoms with Gasteiger partial charge < -0.3 is 14.8 Å². The van der Waals surface area contributed by atoms with Crippen LogP contribution >= 0.6 is 11.5 Å². The van der Waals surface area contributed by atoms with Crippen molar-refractivity contribution < 1.29 is 9.47 Å². The largest absolute Gasteiger partial charge is 0.496 e. The first-order valence-electron chi connectivity index (χ1n) is 7.02. The third kappa shape index (κ3) is 3.16. The number of ether oxygens (including phenoxy) is 2. The number of rotatable bonds is 7. The normalized spacial score (nSPS) is 12.2. The Kier molecular flexibility index (Phi) is 5.52. The summed E-state index contributed by atoms with van der Waals surface area (Å²) in [6.07, 6.45) is 0.852. The average Bonchev–Trinajstić information content (AvgIpc) is 3.00. The molecule has 0 bridgehead atoms. The van der Waals surface area contributed by atoms with Crippen LogP contribution in [0.5, 0.6) is 11.5 Å². The van der Waals surface area contributed by atoms with Crippen molar-refractivity contribution in [2.75, 3.05) is 20.8 Å². The lowest BCUT2D eigenvalue weighted by Crippen LogP contribution is -2.23. The molecule has 1 aromatic carbocycles. The fourth-order valence-electron chi connectivity index (χ4n) is 2.37. The molecule has 0 saturated carbocycles. The molecule has 1 atom stereocenters. The van der Waals surface area contributed by atoms with Crippen LogP contribution in [0.3, 0.4) is 0 Å². The molecule has 0 aliphatic heterocycles. The number of nitrogens with zero attached hydrogens (tertiary/aromatic N) is 2. The van der Waals surface area contributed by atoms with Crippen molar-refractivity contribution >= 4 is 11.5 Å². The standard InChI is InChI=1S/C15H21N3O2S/c1-5-10-15(21-18-17-10)14(16-6-2)13-11(19-3)8-7-9-12(13)20-4/h7-9,14,16H,5-6H2,1-4H3. The number of aromatic nitrogens is 2. The van der Waals surface area contributed by atoms with Crippen LogP contribution < -0.4 is 14.8 Å². The van der Waals surface area contributed by atoms with E-state index in [0.29, 0.717) is 0 Å². The highest BCUT2D eigenvalue weighted by Gasteiger charge is 2.26. The molecule has 0 spiro atoms. The number of hydrogen-bond acceptors (Lipinski definition) is 6. The second kappa shape index (κ2) is 7.38. The van der Waals surface area contributed by atoms with E-state index >= 15 is 0 Å². The molecule has 1 unspecified atom stereocenters. The lowest BCUT2D eigenvalue weighted by atomic mass is 10.0. The Morgan fingerprint density at radius 2 is 1.86 bits per heavy atom. The maximum absolute atomic E-state index is 5.53. The van der Waals surface area contributed by atoms with Crippen LogP contribution in [0, 0.1) is 0 Å². The van der Waals surface area contributed by atoms with Gasteiger partial charge in [0.25, 0.3) is 0 Å². The smallest absolute Gasteiger partial charge is 0.127 e. The predicted octanol–water partition coefficient (Wildman–Crippen LogP) is 2.82. The van der Waals surface area contributed by atoms with Gasteiger partial charge in [-0.2, -0.15) is 0 Å². The summed E-state index contributed by atoms with van der Waals surface area (Å²) in [6.45, 7) is 4.99. The summed E-state index contributed by atoms with van der Waals surface area (Å²) in [5, 5.41) is 7.72. The molecule has 0 radical (unpaired) electrons. The van der Waals surface area contributed by atoms with Crippen molar-refractivity contribution in [2.45, 2.75) is 26.3 Å². The highest BCUT2D eigenvalue weighted by Crippen LogP contribution is 2.39.